The highest BCUT2D eigenvalue weighted by atomic mass is 35.5. The molecule has 0 aromatic heterocycles. The van der Waals surface area contributed by atoms with E-state index in [1.54, 1.807) is 41.3 Å². The molecule has 1 fully saturated rings. The zero-order chi connectivity index (χ0) is 21.8. The van der Waals surface area contributed by atoms with E-state index >= 15 is 0 Å². The molecule has 1 N–H and O–H groups in total. The number of carbonyl (C=O) groups is 2. The maximum Gasteiger partial charge on any atom is 0.266 e. The van der Waals surface area contributed by atoms with E-state index < -0.39 is 0 Å². The summed E-state index contributed by atoms with van der Waals surface area (Å²) in [7, 11) is 0. The quantitative estimate of drug-likeness (QED) is 0.469. The Hall–Kier alpha value is -2.35. The number of nitrogens with one attached hydrogen (secondary N) is 1. The predicted octanol–water partition coefficient (Wildman–Crippen LogP) is 5.28. The van der Waals surface area contributed by atoms with Crippen LogP contribution in [0.1, 0.15) is 25.0 Å². The summed E-state index contributed by atoms with van der Waals surface area (Å²) in [4.78, 5) is 27.0. The standard InChI is InChI=1S/C22H21ClN2O3S2/c1-13(2)25-21(27)19(30-22(25)29)11-15-6-4-7-16(10-15)28-12-20(26)24-18-9-5-8-17(23)14(18)3/h4-11,13H,12H2,1-3H3,(H,24,26)/b19-11-. The molecular weight excluding hydrogens is 440 g/mol. The van der Waals surface area contributed by atoms with Gasteiger partial charge in [-0.1, -0.05) is 53.8 Å². The number of nitrogens with zero attached hydrogens (tertiary/aromatic N) is 1. The van der Waals surface area contributed by atoms with E-state index in [4.69, 9.17) is 28.6 Å². The third-order valence-corrected chi connectivity index (χ3v) is 6.15. The van der Waals surface area contributed by atoms with Gasteiger partial charge in [0.1, 0.15) is 10.1 Å². The number of rotatable bonds is 6. The minimum atomic E-state index is -0.288. The third kappa shape index (κ3) is 5.22. The van der Waals surface area contributed by atoms with Crippen LogP contribution in [-0.2, 0) is 9.59 Å². The molecule has 0 spiro atoms. The number of amides is 2. The monoisotopic (exact) mass is 460 g/mol. The predicted molar refractivity (Wildman–Crippen MR) is 127 cm³/mol. The zero-order valence-electron chi connectivity index (χ0n) is 16.8. The number of anilines is 1. The number of ether oxygens (including phenoxy) is 1. The third-order valence-electron chi connectivity index (χ3n) is 4.41. The van der Waals surface area contributed by atoms with Crippen molar-refractivity contribution in [1.29, 1.82) is 0 Å². The van der Waals surface area contributed by atoms with E-state index in [0.717, 1.165) is 11.1 Å². The molecule has 0 saturated carbocycles. The van der Waals surface area contributed by atoms with Crippen molar-refractivity contribution >= 4 is 63.5 Å². The SMILES string of the molecule is Cc1c(Cl)cccc1NC(=O)COc1cccc(/C=C2\SC(=S)N(C(C)C)C2=O)c1. The fourth-order valence-electron chi connectivity index (χ4n) is 2.85. The van der Waals surface area contributed by atoms with E-state index in [-0.39, 0.29) is 24.5 Å². The van der Waals surface area contributed by atoms with Gasteiger partial charge in [-0.2, -0.15) is 0 Å². The lowest BCUT2D eigenvalue weighted by molar-refractivity contribution is -0.123. The average Bonchev–Trinajstić information content (AvgIpc) is 2.97. The Morgan fingerprint density at radius 2 is 2.03 bits per heavy atom. The molecule has 1 heterocycles. The lowest BCUT2D eigenvalue weighted by Crippen LogP contribution is -2.34. The summed E-state index contributed by atoms with van der Waals surface area (Å²) < 4.78 is 6.18. The lowest BCUT2D eigenvalue weighted by Gasteiger charge is -2.18. The molecular formula is C22H21ClN2O3S2. The van der Waals surface area contributed by atoms with Crippen molar-refractivity contribution in [3.8, 4) is 5.75 Å². The van der Waals surface area contributed by atoms with Crippen molar-refractivity contribution in [2.24, 2.45) is 0 Å². The number of carbonyl (C=O) groups excluding carboxylic acids is 2. The second kappa shape index (κ2) is 9.64. The fourth-order valence-corrected chi connectivity index (χ4v) is 4.55. The first-order chi connectivity index (χ1) is 14.3. The summed E-state index contributed by atoms with van der Waals surface area (Å²) in [5, 5.41) is 3.38. The molecule has 0 unspecified atom stereocenters. The molecule has 2 amide bonds. The van der Waals surface area contributed by atoms with Crippen LogP contribution >= 0.6 is 35.6 Å². The van der Waals surface area contributed by atoms with Gasteiger partial charge < -0.3 is 10.1 Å². The molecule has 0 aliphatic carbocycles. The molecule has 3 rings (SSSR count). The second-order valence-corrected chi connectivity index (χ2v) is 9.05. The van der Waals surface area contributed by atoms with E-state index in [2.05, 4.69) is 5.32 Å². The van der Waals surface area contributed by atoms with Crippen molar-refractivity contribution < 1.29 is 14.3 Å². The molecule has 30 heavy (non-hydrogen) atoms. The van der Waals surface area contributed by atoms with Crippen molar-refractivity contribution in [2.75, 3.05) is 11.9 Å². The van der Waals surface area contributed by atoms with Crippen molar-refractivity contribution in [3.63, 3.8) is 0 Å². The largest absolute Gasteiger partial charge is 0.484 e. The first-order valence-corrected chi connectivity index (χ1v) is 10.9. The minimum Gasteiger partial charge on any atom is -0.484 e. The molecule has 8 heteroatoms. The van der Waals surface area contributed by atoms with Gasteiger partial charge >= 0.3 is 0 Å². The van der Waals surface area contributed by atoms with Crippen molar-refractivity contribution in [2.45, 2.75) is 26.8 Å². The molecule has 1 saturated heterocycles. The molecule has 0 radical (unpaired) electrons. The topological polar surface area (TPSA) is 58.6 Å². The van der Waals surface area contributed by atoms with Crippen LogP contribution in [0.2, 0.25) is 5.02 Å². The molecule has 2 aromatic rings. The smallest absolute Gasteiger partial charge is 0.266 e. The molecule has 2 aromatic carbocycles. The number of thiocarbonyl (C=S) groups is 1. The molecule has 5 nitrogen and oxygen atoms in total. The Morgan fingerprint density at radius 1 is 1.30 bits per heavy atom. The van der Waals surface area contributed by atoms with Gasteiger partial charge in [0.2, 0.25) is 0 Å². The number of halogens is 1. The number of hydrogen-bond donors (Lipinski definition) is 1. The summed E-state index contributed by atoms with van der Waals surface area (Å²) in [5.74, 6) is 0.146. The molecule has 1 aliphatic heterocycles. The Balaban J connectivity index is 1.65. The van der Waals surface area contributed by atoms with Crippen LogP contribution in [-0.4, -0.2) is 33.7 Å². The van der Waals surface area contributed by atoms with E-state index in [9.17, 15) is 9.59 Å². The summed E-state index contributed by atoms with van der Waals surface area (Å²) in [5.41, 5.74) is 2.24. The molecule has 0 bridgehead atoms. The summed E-state index contributed by atoms with van der Waals surface area (Å²) in [6.45, 7) is 5.55. The van der Waals surface area contributed by atoms with Gasteiger partial charge in [-0.3, -0.25) is 14.5 Å². The van der Waals surface area contributed by atoms with Gasteiger partial charge in [0.15, 0.2) is 6.61 Å². The van der Waals surface area contributed by atoms with Gasteiger partial charge in [0.25, 0.3) is 11.8 Å². The summed E-state index contributed by atoms with van der Waals surface area (Å²) in [6, 6.07) is 12.6. The fraction of sp³-hybridized carbons (Fsp3) is 0.227. The maximum absolute atomic E-state index is 12.5. The summed E-state index contributed by atoms with van der Waals surface area (Å²) in [6.07, 6.45) is 1.78. The van der Waals surface area contributed by atoms with E-state index in [1.807, 2.05) is 32.9 Å². The second-order valence-electron chi connectivity index (χ2n) is 6.97. The van der Waals surface area contributed by atoms with Crippen LogP contribution < -0.4 is 10.1 Å². The van der Waals surface area contributed by atoms with Crippen LogP contribution in [0, 0.1) is 6.92 Å². The lowest BCUT2D eigenvalue weighted by atomic mass is 10.2. The van der Waals surface area contributed by atoms with Crippen LogP contribution in [0.25, 0.3) is 6.08 Å². The first-order valence-electron chi connectivity index (χ1n) is 9.31. The maximum atomic E-state index is 12.5. The molecule has 156 valence electrons. The Morgan fingerprint density at radius 3 is 2.73 bits per heavy atom. The Kier molecular flexibility index (Phi) is 7.18. The molecule has 0 atom stereocenters. The summed E-state index contributed by atoms with van der Waals surface area (Å²) >= 11 is 12.7. The van der Waals surface area contributed by atoms with Crippen LogP contribution in [0.4, 0.5) is 5.69 Å². The molecule has 1 aliphatic rings. The van der Waals surface area contributed by atoms with Crippen LogP contribution in [0.5, 0.6) is 5.75 Å². The Labute approximate surface area is 190 Å². The average molecular weight is 461 g/mol. The van der Waals surface area contributed by atoms with Crippen molar-refractivity contribution in [3.05, 3.63) is 63.5 Å². The minimum absolute atomic E-state index is 0.0136. The Bertz CT molecular complexity index is 1040. The highest BCUT2D eigenvalue weighted by Crippen LogP contribution is 2.34. The highest BCUT2D eigenvalue weighted by molar-refractivity contribution is 8.26. The van der Waals surface area contributed by atoms with Gasteiger partial charge in [-0.05, 0) is 62.2 Å². The number of thioether (sulfide) groups is 1. The normalized spacial score (nSPS) is 15.2. The zero-order valence-corrected chi connectivity index (χ0v) is 19.2. The van der Waals surface area contributed by atoms with E-state index in [0.29, 0.717) is 25.7 Å². The van der Waals surface area contributed by atoms with Crippen LogP contribution in [0.3, 0.4) is 0 Å². The van der Waals surface area contributed by atoms with Gasteiger partial charge in [-0.25, -0.2) is 0 Å². The van der Waals surface area contributed by atoms with Gasteiger partial charge in [0, 0.05) is 16.8 Å². The highest BCUT2D eigenvalue weighted by Gasteiger charge is 2.33. The number of benzene rings is 2. The first kappa shape index (κ1) is 22.3. The number of hydrogen-bond acceptors (Lipinski definition) is 5. The van der Waals surface area contributed by atoms with Crippen LogP contribution in [0.15, 0.2) is 47.4 Å². The van der Waals surface area contributed by atoms with Crippen molar-refractivity contribution in [1.82, 2.24) is 4.90 Å². The van der Waals surface area contributed by atoms with E-state index in [1.165, 1.54) is 11.8 Å². The van der Waals surface area contributed by atoms with Gasteiger partial charge in [0.05, 0.1) is 4.91 Å². The van der Waals surface area contributed by atoms with Gasteiger partial charge in [-0.15, -0.1) is 0 Å².